The van der Waals surface area contributed by atoms with Crippen LogP contribution < -0.4 is 0 Å². The smallest absolute Gasteiger partial charge is 0.339 e. The van der Waals surface area contributed by atoms with Gasteiger partial charge in [-0.1, -0.05) is 6.92 Å². The number of aldehydes is 1. The number of rotatable bonds is 3. The van der Waals surface area contributed by atoms with E-state index in [2.05, 4.69) is 4.74 Å². The Morgan fingerprint density at radius 2 is 2.29 bits per heavy atom. The molecule has 0 spiro atoms. The molecule has 0 atom stereocenters. The van der Waals surface area contributed by atoms with Crippen LogP contribution in [0.3, 0.4) is 0 Å². The van der Waals surface area contributed by atoms with Gasteiger partial charge in [-0.3, -0.25) is 4.79 Å². The number of esters is 1. The molecule has 14 heavy (non-hydrogen) atoms. The summed E-state index contributed by atoms with van der Waals surface area (Å²) in [7, 11) is 3.09. The summed E-state index contributed by atoms with van der Waals surface area (Å²) in [5, 5.41) is 0. The van der Waals surface area contributed by atoms with Gasteiger partial charge in [0.15, 0.2) is 6.29 Å². The van der Waals surface area contributed by atoms with Crippen LogP contribution in [0.5, 0.6) is 0 Å². The summed E-state index contributed by atoms with van der Waals surface area (Å²) in [6, 6.07) is 1.55. The minimum absolute atomic E-state index is 0.398. The normalized spacial score (nSPS) is 9.93. The summed E-state index contributed by atoms with van der Waals surface area (Å²) in [5.74, 6) is -0.398. The Labute approximate surface area is 82.5 Å². The molecule has 1 aromatic rings. The van der Waals surface area contributed by atoms with Gasteiger partial charge < -0.3 is 9.30 Å². The highest BCUT2D eigenvalue weighted by Crippen LogP contribution is 2.15. The fourth-order valence-corrected chi connectivity index (χ4v) is 1.49. The molecular weight excluding hydrogens is 182 g/mol. The lowest BCUT2D eigenvalue weighted by Crippen LogP contribution is -2.06. The van der Waals surface area contributed by atoms with Gasteiger partial charge in [0.25, 0.3) is 0 Å². The van der Waals surface area contributed by atoms with Crippen LogP contribution in [0.4, 0.5) is 0 Å². The van der Waals surface area contributed by atoms with Gasteiger partial charge in [-0.15, -0.1) is 0 Å². The zero-order chi connectivity index (χ0) is 10.7. The average molecular weight is 195 g/mol. The van der Waals surface area contributed by atoms with E-state index in [0.717, 1.165) is 12.0 Å². The molecule has 1 rings (SSSR count). The number of hydrogen-bond donors (Lipinski definition) is 0. The molecular formula is C10H13NO3. The van der Waals surface area contributed by atoms with Gasteiger partial charge in [-0.2, -0.15) is 0 Å². The molecule has 0 saturated carbocycles. The van der Waals surface area contributed by atoms with Crippen LogP contribution in [0.2, 0.25) is 0 Å². The predicted octanol–water partition coefficient (Wildman–Crippen LogP) is 1.19. The molecule has 0 radical (unpaired) electrons. The molecule has 0 unspecified atom stereocenters. The summed E-state index contributed by atoms with van der Waals surface area (Å²) in [4.78, 5) is 22.0. The Kier molecular flexibility index (Phi) is 3.06. The molecule has 1 heterocycles. The van der Waals surface area contributed by atoms with Crippen LogP contribution in [0, 0.1) is 0 Å². The molecule has 0 aliphatic heterocycles. The van der Waals surface area contributed by atoms with E-state index in [1.807, 2.05) is 6.92 Å². The van der Waals surface area contributed by atoms with Crippen molar-refractivity contribution in [2.75, 3.05) is 7.11 Å². The third-order valence-electron chi connectivity index (χ3n) is 2.26. The first-order chi connectivity index (χ1) is 6.65. The Balaban J connectivity index is 3.28. The minimum Gasteiger partial charge on any atom is -0.465 e. The molecule has 4 nitrogen and oxygen atoms in total. The topological polar surface area (TPSA) is 48.3 Å². The van der Waals surface area contributed by atoms with E-state index in [0.29, 0.717) is 17.7 Å². The molecule has 0 aliphatic rings. The molecule has 0 saturated heterocycles. The molecule has 4 heteroatoms. The van der Waals surface area contributed by atoms with Crippen LogP contribution in [-0.2, 0) is 18.2 Å². The molecule has 0 amide bonds. The van der Waals surface area contributed by atoms with Crippen LogP contribution in [0.1, 0.15) is 33.5 Å². The maximum absolute atomic E-state index is 11.3. The highest BCUT2D eigenvalue weighted by atomic mass is 16.5. The summed E-state index contributed by atoms with van der Waals surface area (Å²) < 4.78 is 6.33. The van der Waals surface area contributed by atoms with Gasteiger partial charge in [0.1, 0.15) is 0 Å². The maximum Gasteiger partial charge on any atom is 0.339 e. The lowest BCUT2D eigenvalue weighted by atomic mass is 10.2. The van der Waals surface area contributed by atoms with E-state index in [1.54, 1.807) is 17.7 Å². The average Bonchev–Trinajstić information content (AvgIpc) is 2.53. The summed E-state index contributed by atoms with van der Waals surface area (Å²) in [6.45, 7) is 1.93. The van der Waals surface area contributed by atoms with E-state index in [1.165, 1.54) is 7.11 Å². The van der Waals surface area contributed by atoms with Crippen LogP contribution in [0.15, 0.2) is 6.07 Å². The highest BCUT2D eigenvalue weighted by molar-refractivity contribution is 5.93. The van der Waals surface area contributed by atoms with E-state index in [4.69, 9.17) is 0 Å². The van der Waals surface area contributed by atoms with Crippen molar-refractivity contribution in [3.63, 3.8) is 0 Å². The number of carbonyl (C=O) groups is 2. The zero-order valence-electron chi connectivity index (χ0n) is 8.53. The minimum atomic E-state index is -0.398. The number of methoxy groups -OCH3 is 1. The Bertz CT molecular complexity index is 366. The largest absolute Gasteiger partial charge is 0.465 e. The third-order valence-corrected chi connectivity index (χ3v) is 2.26. The lowest BCUT2D eigenvalue weighted by molar-refractivity contribution is 0.0599. The van der Waals surface area contributed by atoms with Crippen molar-refractivity contribution >= 4 is 12.3 Å². The lowest BCUT2D eigenvalue weighted by Gasteiger charge is -2.03. The van der Waals surface area contributed by atoms with Gasteiger partial charge in [-0.25, -0.2) is 4.79 Å². The molecule has 0 bridgehead atoms. The third kappa shape index (κ3) is 1.55. The fraction of sp³-hybridized carbons (Fsp3) is 0.400. The first-order valence-corrected chi connectivity index (χ1v) is 4.37. The SMILES string of the molecule is CCc1c(C(=O)OC)cc(C=O)n1C. The van der Waals surface area contributed by atoms with Crippen LogP contribution in [-0.4, -0.2) is 23.9 Å². The Morgan fingerprint density at radius 1 is 1.64 bits per heavy atom. The number of nitrogens with zero attached hydrogens (tertiary/aromatic N) is 1. The Hall–Kier alpha value is -1.58. The number of carbonyl (C=O) groups excluding carboxylic acids is 2. The molecule has 0 aliphatic carbocycles. The second-order valence-corrected chi connectivity index (χ2v) is 2.95. The molecule has 0 fully saturated rings. The van der Waals surface area contributed by atoms with E-state index >= 15 is 0 Å². The molecule has 0 aromatic carbocycles. The van der Waals surface area contributed by atoms with Gasteiger partial charge in [0.05, 0.1) is 18.4 Å². The summed E-state index contributed by atoms with van der Waals surface area (Å²) in [6.07, 6.45) is 1.42. The van der Waals surface area contributed by atoms with Gasteiger partial charge >= 0.3 is 5.97 Å². The van der Waals surface area contributed by atoms with Crippen molar-refractivity contribution in [2.24, 2.45) is 7.05 Å². The van der Waals surface area contributed by atoms with Crippen molar-refractivity contribution in [3.8, 4) is 0 Å². The maximum atomic E-state index is 11.3. The van der Waals surface area contributed by atoms with E-state index in [-0.39, 0.29) is 0 Å². The molecule has 1 aromatic heterocycles. The monoisotopic (exact) mass is 195 g/mol. The van der Waals surface area contributed by atoms with Gasteiger partial charge in [0, 0.05) is 12.7 Å². The van der Waals surface area contributed by atoms with Crippen molar-refractivity contribution in [2.45, 2.75) is 13.3 Å². The summed E-state index contributed by atoms with van der Waals surface area (Å²) >= 11 is 0. The highest BCUT2D eigenvalue weighted by Gasteiger charge is 2.17. The first-order valence-electron chi connectivity index (χ1n) is 4.37. The number of hydrogen-bond acceptors (Lipinski definition) is 3. The van der Waals surface area contributed by atoms with Crippen molar-refractivity contribution in [1.29, 1.82) is 0 Å². The molecule has 0 N–H and O–H groups in total. The van der Waals surface area contributed by atoms with Crippen molar-refractivity contribution in [3.05, 3.63) is 23.0 Å². The summed E-state index contributed by atoms with van der Waals surface area (Å²) in [5.41, 5.74) is 1.78. The quantitative estimate of drug-likeness (QED) is 0.537. The molecule has 76 valence electrons. The van der Waals surface area contributed by atoms with E-state index < -0.39 is 5.97 Å². The number of ether oxygens (including phenoxy) is 1. The fourth-order valence-electron chi connectivity index (χ4n) is 1.49. The first kappa shape index (κ1) is 10.5. The number of aromatic nitrogens is 1. The second kappa shape index (κ2) is 4.09. The van der Waals surface area contributed by atoms with Crippen LogP contribution in [0.25, 0.3) is 0 Å². The standard InChI is InChI=1S/C10H13NO3/c1-4-9-8(10(13)14-3)5-7(6-12)11(9)2/h5-6H,4H2,1-3H3. The van der Waals surface area contributed by atoms with Gasteiger partial charge in [0.2, 0.25) is 0 Å². The second-order valence-electron chi connectivity index (χ2n) is 2.95. The van der Waals surface area contributed by atoms with Gasteiger partial charge in [-0.05, 0) is 12.5 Å². The Morgan fingerprint density at radius 3 is 2.71 bits per heavy atom. The van der Waals surface area contributed by atoms with Crippen LogP contribution >= 0.6 is 0 Å². The van der Waals surface area contributed by atoms with Crippen molar-refractivity contribution < 1.29 is 14.3 Å². The van der Waals surface area contributed by atoms with Crippen molar-refractivity contribution in [1.82, 2.24) is 4.57 Å². The zero-order valence-corrected chi connectivity index (χ0v) is 8.53. The predicted molar refractivity (Wildman–Crippen MR) is 51.5 cm³/mol. The van der Waals surface area contributed by atoms with E-state index in [9.17, 15) is 9.59 Å².